The van der Waals surface area contributed by atoms with Gasteiger partial charge in [-0.25, -0.2) is 17.8 Å². The summed E-state index contributed by atoms with van der Waals surface area (Å²) in [7, 11) is -4.05. The van der Waals surface area contributed by atoms with Gasteiger partial charge in [-0.15, -0.1) is 0 Å². The highest BCUT2D eigenvalue weighted by molar-refractivity contribution is 7.92. The Hall–Kier alpha value is -1.15. The van der Waals surface area contributed by atoms with Gasteiger partial charge in [-0.1, -0.05) is 23.2 Å². The van der Waals surface area contributed by atoms with E-state index in [1.807, 2.05) is 0 Å². The molecule has 0 unspecified atom stereocenters. The molecule has 0 spiro atoms. The van der Waals surface area contributed by atoms with Gasteiger partial charge in [-0.3, -0.25) is 4.72 Å². The van der Waals surface area contributed by atoms with E-state index in [2.05, 4.69) is 14.7 Å². The second-order valence-corrected chi connectivity index (χ2v) is 6.31. The Morgan fingerprint density at radius 2 is 1.80 bits per heavy atom. The standard InChI is InChI=1S/C10H5Cl3FN3O2S/c11-6-3-5(14)1-2-7(6)20(18,19)17-9-4-8(12)15-10(13)16-9/h1-4H,(H,15,16,17). The minimum atomic E-state index is -4.05. The molecule has 0 aliphatic rings. The van der Waals surface area contributed by atoms with E-state index in [0.717, 1.165) is 18.2 Å². The third kappa shape index (κ3) is 3.49. The monoisotopic (exact) mass is 355 g/mol. The molecule has 0 radical (unpaired) electrons. The van der Waals surface area contributed by atoms with Crippen LogP contribution in [0.4, 0.5) is 10.2 Å². The van der Waals surface area contributed by atoms with Crippen molar-refractivity contribution < 1.29 is 12.8 Å². The van der Waals surface area contributed by atoms with Crippen molar-refractivity contribution in [3.8, 4) is 0 Å². The van der Waals surface area contributed by atoms with Gasteiger partial charge in [-0.05, 0) is 29.8 Å². The molecule has 0 saturated carbocycles. The van der Waals surface area contributed by atoms with Gasteiger partial charge in [0.2, 0.25) is 5.28 Å². The van der Waals surface area contributed by atoms with E-state index in [0.29, 0.717) is 0 Å². The third-order valence-corrected chi connectivity index (χ3v) is 4.29. The van der Waals surface area contributed by atoms with Crippen LogP contribution in [0.25, 0.3) is 0 Å². The Kier molecular flexibility index (Phi) is 4.33. The summed E-state index contributed by atoms with van der Waals surface area (Å²) >= 11 is 16.9. The highest BCUT2D eigenvalue weighted by atomic mass is 35.5. The van der Waals surface area contributed by atoms with Crippen molar-refractivity contribution in [2.24, 2.45) is 0 Å². The van der Waals surface area contributed by atoms with Crippen molar-refractivity contribution in [1.82, 2.24) is 9.97 Å². The van der Waals surface area contributed by atoms with Gasteiger partial charge >= 0.3 is 0 Å². The largest absolute Gasteiger partial charge is 0.264 e. The van der Waals surface area contributed by atoms with Crippen molar-refractivity contribution in [1.29, 1.82) is 0 Å². The first-order valence-corrected chi connectivity index (χ1v) is 7.57. The molecule has 2 rings (SSSR count). The van der Waals surface area contributed by atoms with E-state index in [1.54, 1.807) is 0 Å². The summed E-state index contributed by atoms with van der Waals surface area (Å²) in [4.78, 5) is 6.93. The number of anilines is 1. The van der Waals surface area contributed by atoms with Crippen LogP contribution in [0.1, 0.15) is 0 Å². The predicted octanol–water partition coefficient (Wildman–Crippen LogP) is 3.38. The molecule has 106 valence electrons. The molecule has 0 atom stereocenters. The van der Waals surface area contributed by atoms with Crippen LogP contribution in [0.2, 0.25) is 15.5 Å². The molecule has 20 heavy (non-hydrogen) atoms. The fraction of sp³-hybridized carbons (Fsp3) is 0. The molecular formula is C10H5Cl3FN3O2S. The van der Waals surface area contributed by atoms with Gasteiger partial charge in [0.1, 0.15) is 21.7 Å². The summed E-state index contributed by atoms with van der Waals surface area (Å²) in [6, 6.07) is 4.06. The molecule has 0 bridgehead atoms. The number of benzene rings is 1. The number of sulfonamides is 1. The lowest BCUT2D eigenvalue weighted by Crippen LogP contribution is -2.14. The van der Waals surface area contributed by atoms with Gasteiger partial charge in [0.05, 0.1) is 5.02 Å². The molecule has 10 heteroatoms. The molecule has 0 aliphatic heterocycles. The number of hydrogen-bond acceptors (Lipinski definition) is 4. The van der Waals surface area contributed by atoms with E-state index in [1.165, 1.54) is 6.07 Å². The highest BCUT2D eigenvalue weighted by Gasteiger charge is 2.19. The number of aromatic nitrogens is 2. The lowest BCUT2D eigenvalue weighted by Gasteiger charge is -2.09. The molecule has 0 amide bonds. The van der Waals surface area contributed by atoms with Crippen molar-refractivity contribution in [3.63, 3.8) is 0 Å². The SMILES string of the molecule is O=S(=O)(Nc1cc(Cl)nc(Cl)n1)c1ccc(F)cc1Cl. The zero-order valence-corrected chi connectivity index (χ0v) is 12.5. The molecule has 0 saturated heterocycles. The molecule has 1 aromatic heterocycles. The first kappa shape index (κ1) is 15.2. The predicted molar refractivity (Wildman–Crippen MR) is 74.3 cm³/mol. The molecule has 1 aromatic carbocycles. The molecule has 0 aliphatic carbocycles. The van der Waals surface area contributed by atoms with E-state index >= 15 is 0 Å². The van der Waals surface area contributed by atoms with Gasteiger partial charge in [-0.2, -0.15) is 4.98 Å². The van der Waals surface area contributed by atoms with Gasteiger partial charge < -0.3 is 0 Å². The average Bonchev–Trinajstić information content (AvgIpc) is 2.25. The maximum atomic E-state index is 12.9. The van der Waals surface area contributed by atoms with Crippen LogP contribution in [-0.2, 0) is 10.0 Å². The summed E-state index contributed by atoms with van der Waals surface area (Å²) in [5, 5.41) is -0.517. The number of halogens is 4. The quantitative estimate of drug-likeness (QED) is 0.676. The fourth-order valence-electron chi connectivity index (χ4n) is 1.33. The lowest BCUT2D eigenvalue weighted by atomic mass is 10.3. The second kappa shape index (κ2) is 5.69. The number of hydrogen-bond donors (Lipinski definition) is 1. The normalized spacial score (nSPS) is 11.4. The average molecular weight is 357 g/mol. The first-order chi connectivity index (χ1) is 9.28. The summed E-state index contributed by atoms with van der Waals surface area (Å²) < 4.78 is 39.2. The first-order valence-electron chi connectivity index (χ1n) is 4.96. The van der Waals surface area contributed by atoms with Crippen molar-refractivity contribution >= 4 is 50.6 Å². The van der Waals surface area contributed by atoms with Crippen LogP contribution < -0.4 is 4.72 Å². The maximum absolute atomic E-state index is 12.9. The smallest absolute Gasteiger partial charge is 0.263 e. The minimum absolute atomic E-state index is 0.0343. The Balaban J connectivity index is 2.40. The summed E-state index contributed by atoms with van der Waals surface area (Å²) in [5.41, 5.74) is 0. The summed E-state index contributed by atoms with van der Waals surface area (Å²) in [6.45, 7) is 0. The Morgan fingerprint density at radius 3 is 2.40 bits per heavy atom. The summed E-state index contributed by atoms with van der Waals surface area (Å²) in [5.74, 6) is -0.780. The molecule has 5 nitrogen and oxygen atoms in total. The third-order valence-electron chi connectivity index (χ3n) is 2.09. The molecule has 0 fully saturated rings. The molecule has 1 N–H and O–H groups in total. The maximum Gasteiger partial charge on any atom is 0.264 e. The van der Waals surface area contributed by atoms with Crippen LogP contribution in [0.5, 0.6) is 0 Å². The van der Waals surface area contributed by atoms with E-state index in [9.17, 15) is 12.8 Å². The zero-order valence-electron chi connectivity index (χ0n) is 9.44. The van der Waals surface area contributed by atoms with Crippen LogP contribution in [0, 0.1) is 5.82 Å². The van der Waals surface area contributed by atoms with Crippen LogP contribution in [-0.4, -0.2) is 18.4 Å². The van der Waals surface area contributed by atoms with Crippen LogP contribution >= 0.6 is 34.8 Å². The number of nitrogens with one attached hydrogen (secondary N) is 1. The topological polar surface area (TPSA) is 72.0 Å². The molecular weight excluding hydrogens is 352 g/mol. The van der Waals surface area contributed by atoms with Gasteiger partial charge in [0, 0.05) is 6.07 Å². The van der Waals surface area contributed by atoms with Crippen molar-refractivity contribution in [2.45, 2.75) is 4.90 Å². The highest BCUT2D eigenvalue weighted by Crippen LogP contribution is 2.25. The van der Waals surface area contributed by atoms with Crippen LogP contribution in [0.3, 0.4) is 0 Å². The molecule has 1 heterocycles. The fourth-order valence-corrected chi connectivity index (χ4v) is 3.26. The van der Waals surface area contributed by atoms with E-state index in [4.69, 9.17) is 34.8 Å². The van der Waals surface area contributed by atoms with E-state index < -0.39 is 15.8 Å². The van der Waals surface area contributed by atoms with Gasteiger partial charge in [0.25, 0.3) is 10.0 Å². The van der Waals surface area contributed by atoms with Gasteiger partial charge in [0.15, 0.2) is 0 Å². The molecule has 2 aromatic rings. The lowest BCUT2D eigenvalue weighted by molar-refractivity contribution is 0.599. The van der Waals surface area contributed by atoms with E-state index in [-0.39, 0.29) is 26.2 Å². The van der Waals surface area contributed by atoms with Crippen molar-refractivity contribution in [2.75, 3.05) is 4.72 Å². The number of nitrogens with zero attached hydrogens (tertiary/aromatic N) is 2. The zero-order chi connectivity index (χ0) is 14.9. The Bertz CT molecular complexity index is 750. The van der Waals surface area contributed by atoms with Crippen LogP contribution in [0.15, 0.2) is 29.2 Å². The van der Waals surface area contributed by atoms with Crippen molar-refractivity contribution in [3.05, 3.63) is 45.5 Å². The Labute approximate surface area is 128 Å². The Morgan fingerprint density at radius 1 is 1.10 bits per heavy atom. The number of rotatable bonds is 3. The summed E-state index contributed by atoms with van der Waals surface area (Å²) in [6.07, 6.45) is 0. The minimum Gasteiger partial charge on any atom is -0.263 e. The second-order valence-electron chi connectivity index (χ2n) is 3.53.